The molecule has 0 fully saturated rings. The minimum Gasteiger partial charge on any atom is -0.0654 e. The molecular weight excluding hydrogens is 204 g/mol. The number of unbranched alkanes of at least 4 members (excludes halogenated alkanes) is 4. The first-order valence-electron chi connectivity index (χ1n) is 8.20. The van der Waals surface area contributed by atoms with Crippen molar-refractivity contribution in [2.24, 2.45) is 11.8 Å². The Morgan fingerprint density at radius 3 is 1.53 bits per heavy atom. The molecule has 0 aromatic heterocycles. The van der Waals surface area contributed by atoms with Gasteiger partial charge in [-0.1, -0.05) is 98.3 Å². The van der Waals surface area contributed by atoms with Crippen LogP contribution < -0.4 is 0 Å². The molecule has 2 atom stereocenters. The molecular formula is C17H36. The van der Waals surface area contributed by atoms with Crippen molar-refractivity contribution in [2.45, 2.75) is 98.3 Å². The van der Waals surface area contributed by atoms with E-state index in [0.717, 1.165) is 11.8 Å². The summed E-state index contributed by atoms with van der Waals surface area (Å²) in [4.78, 5) is 0. The van der Waals surface area contributed by atoms with Crippen LogP contribution >= 0.6 is 0 Å². The lowest BCUT2D eigenvalue weighted by Gasteiger charge is -2.14. The highest BCUT2D eigenvalue weighted by Crippen LogP contribution is 2.20. The fraction of sp³-hybridized carbons (Fsp3) is 1.00. The monoisotopic (exact) mass is 240 g/mol. The Balaban J connectivity index is 3.28. The lowest BCUT2D eigenvalue weighted by Crippen LogP contribution is -1.99. The third kappa shape index (κ3) is 12.2. The van der Waals surface area contributed by atoms with Gasteiger partial charge in [-0.3, -0.25) is 0 Å². The van der Waals surface area contributed by atoms with Gasteiger partial charge >= 0.3 is 0 Å². The maximum Gasteiger partial charge on any atom is -0.0443 e. The Morgan fingerprint density at radius 2 is 1.00 bits per heavy atom. The summed E-state index contributed by atoms with van der Waals surface area (Å²) in [5.41, 5.74) is 0. The van der Waals surface area contributed by atoms with Crippen LogP contribution in [0, 0.1) is 11.8 Å². The van der Waals surface area contributed by atoms with Gasteiger partial charge in [0.15, 0.2) is 0 Å². The summed E-state index contributed by atoms with van der Waals surface area (Å²) in [5.74, 6) is 1.92. The van der Waals surface area contributed by atoms with Gasteiger partial charge in [0.05, 0.1) is 0 Å². The molecule has 0 saturated heterocycles. The van der Waals surface area contributed by atoms with Crippen LogP contribution in [0.1, 0.15) is 98.3 Å². The van der Waals surface area contributed by atoms with Crippen LogP contribution in [0.2, 0.25) is 0 Å². The zero-order chi connectivity index (χ0) is 12.9. The van der Waals surface area contributed by atoms with Crippen molar-refractivity contribution in [3.05, 3.63) is 0 Å². The molecule has 0 saturated carbocycles. The van der Waals surface area contributed by atoms with E-state index in [1.807, 2.05) is 0 Å². The molecule has 0 N–H and O–H groups in total. The van der Waals surface area contributed by atoms with Crippen molar-refractivity contribution >= 4 is 0 Å². The number of hydrogen-bond donors (Lipinski definition) is 0. The van der Waals surface area contributed by atoms with Crippen LogP contribution in [0.5, 0.6) is 0 Å². The predicted molar refractivity (Wildman–Crippen MR) is 80.5 cm³/mol. The van der Waals surface area contributed by atoms with E-state index in [1.54, 1.807) is 0 Å². The van der Waals surface area contributed by atoms with E-state index < -0.39 is 0 Å². The summed E-state index contributed by atoms with van der Waals surface area (Å²) in [6.07, 6.45) is 15.8. The minimum absolute atomic E-state index is 0.960. The molecule has 0 aromatic rings. The lowest BCUT2D eigenvalue weighted by atomic mass is 9.92. The van der Waals surface area contributed by atoms with Crippen LogP contribution in [0.3, 0.4) is 0 Å². The molecule has 0 spiro atoms. The van der Waals surface area contributed by atoms with Gasteiger partial charge in [0.25, 0.3) is 0 Å². The molecule has 104 valence electrons. The Labute approximate surface area is 111 Å². The molecule has 0 aromatic carbocycles. The second-order valence-electron chi connectivity index (χ2n) is 6.13. The van der Waals surface area contributed by atoms with Crippen LogP contribution in [-0.2, 0) is 0 Å². The SMILES string of the molecule is CCCCCC[C@@H](C)CCC[C@@H](C)CCCC. The summed E-state index contributed by atoms with van der Waals surface area (Å²) < 4.78 is 0. The quantitative estimate of drug-likeness (QED) is 0.338. The predicted octanol–water partition coefficient (Wildman–Crippen LogP) is 6.59. The average molecular weight is 240 g/mol. The summed E-state index contributed by atoms with van der Waals surface area (Å²) >= 11 is 0. The topological polar surface area (TPSA) is 0 Å². The fourth-order valence-electron chi connectivity index (χ4n) is 2.58. The van der Waals surface area contributed by atoms with Crippen molar-refractivity contribution < 1.29 is 0 Å². The first-order chi connectivity index (χ1) is 8.20. The highest BCUT2D eigenvalue weighted by molar-refractivity contribution is 4.58. The average Bonchev–Trinajstić information content (AvgIpc) is 2.32. The van der Waals surface area contributed by atoms with Crippen LogP contribution in [0.15, 0.2) is 0 Å². The van der Waals surface area contributed by atoms with Crippen molar-refractivity contribution in [1.82, 2.24) is 0 Å². The maximum absolute atomic E-state index is 2.45. The third-order valence-electron chi connectivity index (χ3n) is 3.99. The molecule has 0 aliphatic heterocycles. The van der Waals surface area contributed by atoms with Gasteiger partial charge in [0.1, 0.15) is 0 Å². The van der Waals surface area contributed by atoms with E-state index in [-0.39, 0.29) is 0 Å². The molecule has 0 bridgehead atoms. The van der Waals surface area contributed by atoms with Crippen molar-refractivity contribution in [2.75, 3.05) is 0 Å². The van der Waals surface area contributed by atoms with E-state index in [9.17, 15) is 0 Å². The third-order valence-corrected chi connectivity index (χ3v) is 3.99. The van der Waals surface area contributed by atoms with E-state index in [0.29, 0.717) is 0 Å². The maximum atomic E-state index is 2.45. The standard InChI is InChI=1S/C17H36/c1-5-7-9-10-13-17(4)15-11-14-16(3)12-8-6-2/h16-17H,5-15H2,1-4H3/t16-,17+/m0/s1. The Bertz CT molecular complexity index is 139. The summed E-state index contributed by atoms with van der Waals surface area (Å²) in [5, 5.41) is 0. The smallest absolute Gasteiger partial charge is 0.0443 e. The van der Waals surface area contributed by atoms with Gasteiger partial charge in [-0.05, 0) is 11.8 Å². The molecule has 0 aliphatic carbocycles. The van der Waals surface area contributed by atoms with Gasteiger partial charge < -0.3 is 0 Å². The van der Waals surface area contributed by atoms with E-state index in [2.05, 4.69) is 27.7 Å². The van der Waals surface area contributed by atoms with Gasteiger partial charge in [0.2, 0.25) is 0 Å². The van der Waals surface area contributed by atoms with Crippen molar-refractivity contribution in [3.8, 4) is 0 Å². The first kappa shape index (κ1) is 17.0. The molecule has 0 nitrogen and oxygen atoms in total. The molecule has 0 amide bonds. The van der Waals surface area contributed by atoms with Crippen molar-refractivity contribution in [1.29, 1.82) is 0 Å². The van der Waals surface area contributed by atoms with Gasteiger partial charge in [-0.25, -0.2) is 0 Å². The molecule has 0 rings (SSSR count). The zero-order valence-electron chi connectivity index (χ0n) is 12.9. The fourth-order valence-corrected chi connectivity index (χ4v) is 2.58. The molecule has 0 radical (unpaired) electrons. The van der Waals surface area contributed by atoms with E-state index >= 15 is 0 Å². The van der Waals surface area contributed by atoms with Crippen molar-refractivity contribution in [3.63, 3.8) is 0 Å². The number of rotatable bonds is 12. The molecule has 17 heavy (non-hydrogen) atoms. The largest absolute Gasteiger partial charge is 0.0654 e. The molecule has 0 heteroatoms. The summed E-state index contributed by atoms with van der Waals surface area (Å²) in [7, 11) is 0. The summed E-state index contributed by atoms with van der Waals surface area (Å²) in [6, 6.07) is 0. The van der Waals surface area contributed by atoms with E-state index in [1.165, 1.54) is 70.6 Å². The summed E-state index contributed by atoms with van der Waals surface area (Å²) in [6.45, 7) is 9.47. The van der Waals surface area contributed by atoms with Crippen LogP contribution in [-0.4, -0.2) is 0 Å². The highest BCUT2D eigenvalue weighted by atomic mass is 14.1. The minimum atomic E-state index is 0.960. The van der Waals surface area contributed by atoms with Gasteiger partial charge in [0, 0.05) is 0 Å². The van der Waals surface area contributed by atoms with Gasteiger partial charge in [-0.15, -0.1) is 0 Å². The normalized spacial score (nSPS) is 14.8. The number of hydrogen-bond acceptors (Lipinski definition) is 0. The Hall–Kier alpha value is 0. The lowest BCUT2D eigenvalue weighted by molar-refractivity contribution is 0.395. The Morgan fingerprint density at radius 1 is 0.529 bits per heavy atom. The second kappa shape index (κ2) is 12.5. The first-order valence-corrected chi connectivity index (χ1v) is 8.20. The molecule has 0 unspecified atom stereocenters. The molecule has 0 heterocycles. The molecule has 0 aliphatic rings. The van der Waals surface area contributed by atoms with E-state index in [4.69, 9.17) is 0 Å². The second-order valence-corrected chi connectivity index (χ2v) is 6.13. The highest BCUT2D eigenvalue weighted by Gasteiger charge is 2.05. The van der Waals surface area contributed by atoms with Crippen LogP contribution in [0.4, 0.5) is 0 Å². The van der Waals surface area contributed by atoms with Crippen LogP contribution in [0.25, 0.3) is 0 Å². The Kier molecular flexibility index (Phi) is 12.5. The zero-order valence-corrected chi connectivity index (χ0v) is 12.9. The van der Waals surface area contributed by atoms with Gasteiger partial charge in [-0.2, -0.15) is 0 Å².